The van der Waals surface area contributed by atoms with E-state index < -0.39 is 0 Å². The summed E-state index contributed by atoms with van der Waals surface area (Å²) in [7, 11) is 0. The van der Waals surface area contributed by atoms with Gasteiger partial charge >= 0.3 is 0 Å². The second-order valence-corrected chi connectivity index (χ2v) is 6.72. The van der Waals surface area contributed by atoms with Crippen molar-refractivity contribution in [3.8, 4) is 0 Å². The summed E-state index contributed by atoms with van der Waals surface area (Å²) in [4.78, 5) is 11.1. The third kappa shape index (κ3) is 3.33. The first kappa shape index (κ1) is 12.6. The molecule has 2 N–H and O–H groups in total. The molecule has 1 aromatic rings. The van der Waals surface area contributed by atoms with Crippen molar-refractivity contribution in [2.24, 2.45) is 5.73 Å². The molecule has 0 radical (unpaired) electrons. The number of nitrogens with zero attached hydrogens (tertiary/aromatic N) is 3. The van der Waals surface area contributed by atoms with Crippen LogP contribution in [0.25, 0.3) is 0 Å². The van der Waals surface area contributed by atoms with E-state index in [4.69, 9.17) is 5.73 Å². The SMILES string of the molecule is CC1(C)CCN(c2cncc(CN)n2)CCS1. The van der Waals surface area contributed by atoms with Crippen molar-refractivity contribution in [1.29, 1.82) is 0 Å². The number of aromatic nitrogens is 2. The summed E-state index contributed by atoms with van der Waals surface area (Å²) in [6.07, 6.45) is 4.74. The van der Waals surface area contributed by atoms with E-state index in [-0.39, 0.29) is 0 Å². The van der Waals surface area contributed by atoms with E-state index in [1.165, 1.54) is 6.42 Å². The molecule has 0 unspecified atom stereocenters. The van der Waals surface area contributed by atoms with Crippen molar-refractivity contribution < 1.29 is 0 Å². The van der Waals surface area contributed by atoms with E-state index in [2.05, 4.69) is 28.7 Å². The van der Waals surface area contributed by atoms with Crippen molar-refractivity contribution in [3.63, 3.8) is 0 Å². The van der Waals surface area contributed by atoms with Gasteiger partial charge in [0.2, 0.25) is 0 Å². The number of nitrogens with two attached hydrogens (primary N) is 1. The predicted octanol–water partition coefficient (Wildman–Crippen LogP) is 1.66. The van der Waals surface area contributed by atoms with Gasteiger partial charge in [0.1, 0.15) is 5.82 Å². The number of thioether (sulfide) groups is 1. The van der Waals surface area contributed by atoms with Crippen molar-refractivity contribution in [1.82, 2.24) is 9.97 Å². The summed E-state index contributed by atoms with van der Waals surface area (Å²) in [6, 6.07) is 0. The molecule has 17 heavy (non-hydrogen) atoms. The molecule has 1 aromatic heterocycles. The minimum absolute atomic E-state index is 0.369. The fraction of sp³-hybridized carbons (Fsp3) is 0.667. The summed E-state index contributed by atoms with van der Waals surface area (Å²) in [5, 5.41) is 0. The monoisotopic (exact) mass is 252 g/mol. The zero-order chi connectivity index (χ0) is 12.3. The van der Waals surface area contributed by atoms with Gasteiger partial charge in [-0.2, -0.15) is 11.8 Å². The van der Waals surface area contributed by atoms with Gasteiger partial charge in [0.05, 0.1) is 11.9 Å². The summed E-state index contributed by atoms with van der Waals surface area (Å²) in [5.41, 5.74) is 6.46. The number of hydrogen-bond acceptors (Lipinski definition) is 5. The molecule has 0 atom stereocenters. The lowest BCUT2D eigenvalue weighted by Gasteiger charge is -2.23. The Morgan fingerprint density at radius 1 is 1.41 bits per heavy atom. The van der Waals surface area contributed by atoms with E-state index in [0.717, 1.165) is 30.4 Å². The third-order valence-corrected chi connectivity index (χ3v) is 4.41. The molecule has 1 fully saturated rings. The van der Waals surface area contributed by atoms with Crippen molar-refractivity contribution >= 4 is 17.6 Å². The predicted molar refractivity (Wildman–Crippen MR) is 73.3 cm³/mol. The van der Waals surface area contributed by atoms with Gasteiger partial charge in [-0.15, -0.1) is 0 Å². The largest absolute Gasteiger partial charge is 0.354 e. The Balaban J connectivity index is 2.11. The summed E-state index contributed by atoms with van der Waals surface area (Å²) < 4.78 is 0.369. The van der Waals surface area contributed by atoms with Gasteiger partial charge in [-0.05, 0) is 6.42 Å². The molecule has 1 aliphatic heterocycles. The van der Waals surface area contributed by atoms with Crippen LogP contribution in [-0.4, -0.2) is 33.6 Å². The van der Waals surface area contributed by atoms with Crippen LogP contribution in [0, 0.1) is 0 Å². The number of anilines is 1. The van der Waals surface area contributed by atoms with Gasteiger partial charge in [-0.1, -0.05) is 13.8 Å². The molecular formula is C12H20N4S. The van der Waals surface area contributed by atoms with Gasteiger partial charge in [0.15, 0.2) is 0 Å². The lowest BCUT2D eigenvalue weighted by Crippen LogP contribution is -2.28. The highest BCUT2D eigenvalue weighted by Gasteiger charge is 2.24. The molecule has 5 heteroatoms. The maximum atomic E-state index is 5.60. The van der Waals surface area contributed by atoms with Crippen molar-refractivity contribution in [2.75, 3.05) is 23.7 Å². The van der Waals surface area contributed by atoms with Crippen molar-refractivity contribution in [3.05, 3.63) is 18.1 Å². The Kier molecular flexibility index (Phi) is 3.89. The van der Waals surface area contributed by atoms with Gasteiger partial charge in [-0.25, -0.2) is 4.98 Å². The number of hydrogen-bond donors (Lipinski definition) is 1. The Morgan fingerprint density at radius 2 is 2.24 bits per heavy atom. The molecule has 4 nitrogen and oxygen atoms in total. The summed E-state index contributed by atoms with van der Waals surface area (Å²) in [5.74, 6) is 2.10. The van der Waals surface area contributed by atoms with Crippen LogP contribution in [0.3, 0.4) is 0 Å². The van der Waals surface area contributed by atoms with Gasteiger partial charge in [0, 0.05) is 36.3 Å². The third-order valence-electron chi connectivity index (χ3n) is 3.04. The minimum Gasteiger partial charge on any atom is -0.354 e. The number of rotatable bonds is 2. The van der Waals surface area contributed by atoms with Crippen LogP contribution in [-0.2, 0) is 6.54 Å². The fourth-order valence-corrected chi connectivity index (χ4v) is 2.99. The normalized spacial score (nSPS) is 20.1. The molecule has 2 rings (SSSR count). The minimum atomic E-state index is 0.369. The first-order chi connectivity index (χ1) is 8.11. The van der Waals surface area contributed by atoms with E-state index in [9.17, 15) is 0 Å². The highest BCUT2D eigenvalue weighted by atomic mass is 32.2. The van der Waals surface area contributed by atoms with Crippen LogP contribution in [0.15, 0.2) is 12.4 Å². The quantitative estimate of drug-likeness (QED) is 0.867. The average molecular weight is 252 g/mol. The molecule has 0 saturated carbocycles. The molecule has 94 valence electrons. The van der Waals surface area contributed by atoms with Crippen molar-refractivity contribution in [2.45, 2.75) is 31.6 Å². The van der Waals surface area contributed by atoms with Crippen LogP contribution in [0.4, 0.5) is 5.82 Å². The maximum Gasteiger partial charge on any atom is 0.147 e. The molecule has 0 aromatic carbocycles. The highest BCUT2D eigenvalue weighted by Crippen LogP contribution is 2.31. The molecule has 0 bridgehead atoms. The zero-order valence-corrected chi connectivity index (χ0v) is 11.3. The Morgan fingerprint density at radius 3 is 3.00 bits per heavy atom. The summed E-state index contributed by atoms with van der Waals surface area (Å²) >= 11 is 2.04. The van der Waals surface area contributed by atoms with Crippen LogP contribution < -0.4 is 10.6 Å². The molecule has 2 heterocycles. The molecule has 0 aliphatic carbocycles. The lowest BCUT2D eigenvalue weighted by molar-refractivity contribution is 0.634. The van der Waals surface area contributed by atoms with Crippen LogP contribution in [0.5, 0.6) is 0 Å². The molecule has 1 aliphatic rings. The standard InChI is InChI=1S/C12H20N4S/c1-12(2)3-4-16(5-6-17-12)11-9-14-8-10(7-13)15-11/h8-9H,3-7,13H2,1-2H3. The highest BCUT2D eigenvalue weighted by molar-refractivity contribution is 8.00. The second kappa shape index (κ2) is 5.23. The topological polar surface area (TPSA) is 55.0 Å². The van der Waals surface area contributed by atoms with Crippen LogP contribution in [0.1, 0.15) is 26.0 Å². The van der Waals surface area contributed by atoms with E-state index in [0.29, 0.717) is 11.3 Å². The smallest absolute Gasteiger partial charge is 0.147 e. The molecule has 0 spiro atoms. The summed E-state index contributed by atoms with van der Waals surface area (Å²) in [6.45, 7) is 7.15. The average Bonchev–Trinajstić information content (AvgIpc) is 2.50. The first-order valence-corrected chi connectivity index (χ1v) is 6.99. The van der Waals surface area contributed by atoms with Gasteiger partial charge in [0.25, 0.3) is 0 Å². The van der Waals surface area contributed by atoms with E-state index in [1.807, 2.05) is 18.0 Å². The van der Waals surface area contributed by atoms with Crippen LogP contribution in [0.2, 0.25) is 0 Å². The van der Waals surface area contributed by atoms with E-state index in [1.54, 1.807) is 6.20 Å². The zero-order valence-electron chi connectivity index (χ0n) is 10.5. The van der Waals surface area contributed by atoms with Gasteiger partial charge in [-0.3, -0.25) is 4.98 Å². The second-order valence-electron chi connectivity index (χ2n) is 4.92. The maximum absolute atomic E-state index is 5.60. The van der Waals surface area contributed by atoms with E-state index >= 15 is 0 Å². The molecule has 0 amide bonds. The first-order valence-electron chi connectivity index (χ1n) is 6.01. The Labute approximate surface area is 107 Å². The van der Waals surface area contributed by atoms with Crippen LogP contribution >= 0.6 is 11.8 Å². The Hall–Kier alpha value is -0.810. The molecular weight excluding hydrogens is 232 g/mol. The van der Waals surface area contributed by atoms with Gasteiger partial charge < -0.3 is 10.6 Å². The Bertz CT molecular complexity index is 381. The molecule has 1 saturated heterocycles. The fourth-order valence-electron chi connectivity index (χ4n) is 1.89. The lowest BCUT2D eigenvalue weighted by atomic mass is 10.1.